The second-order valence-corrected chi connectivity index (χ2v) is 6.78. The second-order valence-electron chi connectivity index (χ2n) is 5.70. The fourth-order valence-electron chi connectivity index (χ4n) is 3.03. The van der Waals surface area contributed by atoms with Gasteiger partial charge < -0.3 is 10.6 Å². The number of para-hydroxylation sites is 1. The first kappa shape index (κ1) is 14.3. The number of fused-ring (bicyclic) bond motifs is 3. The summed E-state index contributed by atoms with van der Waals surface area (Å²) in [6.45, 7) is 0.175. The summed E-state index contributed by atoms with van der Waals surface area (Å²) in [6.07, 6.45) is 4.30. The third-order valence-electron chi connectivity index (χ3n) is 4.21. The monoisotopic (exact) mass is 327 g/mol. The van der Waals surface area contributed by atoms with Crippen molar-refractivity contribution in [3.63, 3.8) is 0 Å². The molecule has 0 atom stereocenters. The zero-order chi connectivity index (χ0) is 15.8. The van der Waals surface area contributed by atoms with Crippen LogP contribution in [0.25, 0.3) is 10.2 Å². The highest BCUT2D eigenvalue weighted by atomic mass is 32.1. The van der Waals surface area contributed by atoms with Crippen LogP contribution in [0.15, 0.2) is 35.1 Å². The number of nitrogens with zero attached hydrogens (tertiary/aromatic N) is 2. The number of aryl methyl sites for hydroxylation is 2. The summed E-state index contributed by atoms with van der Waals surface area (Å²) in [5.74, 6) is 7.15. The lowest BCUT2D eigenvalue weighted by molar-refractivity contribution is 0.291. The Hall–Kier alpha value is -2.34. The molecule has 2 heterocycles. The summed E-state index contributed by atoms with van der Waals surface area (Å²) in [5, 5.41) is 0.704. The van der Waals surface area contributed by atoms with Gasteiger partial charge >= 0.3 is 0 Å². The maximum Gasteiger partial charge on any atom is 0.281 e. The van der Waals surface area contributed by atoms with Gasteiger partial charge in [0.05, 0.1) is 5.39 Å². The zero-order valence-electron chi connectivity index (χ0n) is 12.6. The van der Waals surface area contributed by atoms with Crippen LogP contribution in [0.2, 0.25) is 0 Å². The minimum Gasteiger partial charge on any atom is -0.486 e. The minimum atomic E-state index is -0.166. The first-order chi connectivity index (χ1) is 11.2. The van der Waals surface area contributed by atoms with E-state index in [1.807, 2.05) is 30.3 Å². The van der Waals surface area contributed by atoms with Gasteiger partial charge in [-0.25, -0.2) is 9.66 Å². The first-order valence-electron chi connectivity index (χ1n) is 7.73. The Balaban J connectivity index is 1.73. The molecule has 4 rings (SSSR count). The summed E-state index contributed by atoms with van der Waals surface area (Å²) in [4.78, 5) is 19.3. The Labute approximate surface area is 137 Å². The molecule has 1 aromatic carbocycles. The van der Waals surface area contributed by atoms with Crippen LogP contribution in [0.5, 0.6) is 5.75 Å². The Bertz CT molecular complexity index is 915. The van der Waals surface area contributed by atoms with Gasteiger partial charge in [-0.3, -0.25) is 4.79 Å². The van der Waals surface area contributed by atoms with Gasteiger partial charge in [0.15, 0.2) is 5.82 Å². The van der Waals surface area contributed by atoms with Crippen LogP contribution >= 0.6 is 11.3 Å². The molecule has 1 aliphatic rings. The van der Waals surface area contributed by atoms with E-state index in [4.69, 9.17) is 10.6 Å². The number of ether oxygens (including phenoxy) is 1. The number of nitrogen functional groups attached to an aromatic ring is 1. The molecule has 0 radical (unpaired) electrons. The van der Waals surface area contributed by atoms with Crippen molar-refractivity contribution in [1.29, 1.82) is 0 Å². The van der Waals surface area contributed by atoms with Crippen molar-refractivity contribution in [2.45, 2.75) is 32.3 Å². The zero-order valence-corrected chi connectivity index (χ0v) is 13.4. The van der Waals surface area contributed by atoms with Crippen molar-refractivity contribution in [2.75, 3.05) is 5.84 Å². The number of aromatic nitrogens is 2. The van der Waals surface area contributed by atoms with Gasteiger partial charge in [0.1, 0.15) is 17.2 Å². The van der Waals surface area contributed by atoms with Crippen molar-refractivity contribution in [3.05, 3.63) is 57.0 Å². The molecule has 118 valence electrons. The molecule has 0 bridgehead atoms. The lowest BCUT2D eigenvalue weighted by atomic mass is 9.97. The Kier molecular flexibility index (Phi) is 3.53. The Morgan fingerprint density at radius 1 is 1.22 bits per heavy atom. The van der Waals surface area contributed by atoms with E-state index in [0.29, 0.717) is 11.2 Å². The molecule has 2 N–H and O–H groups in total. The van der Waals surface area contributed by atoms with E-state index in [9.17, 15) is 4.79 Å². The first-order valence-corrected chi connectivity index (χ1v) is 8.55. The SMILES string of the molecule is Nn1c(COc2ccccc2)nc2sc3c(c2c1=O)CCCC3. The van der Waals surface area contributed by atoms with Crippen molar-refractivity contribution in [3.8, 4) is 5.75 Å². The maximum atomic E-state index is 12.6. The minimum absolute atomic E-state index is 0.166. The number of hydrogen-bond acceptors (Lipinski definition) is 5. The van der Waals surface area contributed by atoms with E-state index in [0.717, 1.165) is 40.1 Å². The van der Waals surface area contributed by atoms with Gasteiger partial charge in [-0.05, 0) is 43.4 Å². The molecule has 6 heteroatoms. The number of benzene rings is 1. The highest BCUT2D eigenvalue weighted by molar-refractivity contribution is 7.18. The largest absolute Gasteiger partial charge is 0.486 e. The molecule has 0 fully saturated rings. The van der Waals surface area contributed by atoms with Gasteiger partial charge in [0.2, 0.25) is 0 Å². The summed E-state index contributed by atoms with van der Waals surface area (Å²) in [7, 11) is 0. The maximum absolute atomic E-state index is 12.6. The smallest absolute Gasteiger partial charge is 0.281 e. The second kappa shape index (κ2) is 5.70. The highest BCUT2D eigenvalue weighted by Crippen LogP contribution is 2.33. The molecule has 0 aliphatic heterocycles. The molecule has 0 amide bonds. The van der Waals surface area contributed by atoms with Crippen LogP contribution < -0.4 is 16.1 Å². The van der Waals surface area contributed by atoms with Crippen molar-refractivity contribution in [2.24, 2.45) is 0 Å². The van der Waals surface area contributed by atoms with E-state index in [1.165, 1.54) is 11.3 Å². The van der Waals surface area contributed by atoms with Crippen LogP contribution in [0.4, 0.5) is 0 Å². The normalized spacial score (nSPS) is 13.9. The summed E-state index contributed by atoms with van der Waals surface area (Å²) in [5.41, 5.74) is 0.990. The van der Waals surface area contributed by atoms with Gasteiger partial charge in [0.25, 0.3) is 5.56 Å². The average Bonchev–Trinajstić information content (AvgIpc) is 2.96. The molecule has 0 unspecified atom stereocenters. The Morgan fingerprint density at radius 2 is 2.00 bits per heavy atom. The lowest BCUT2D eigenvalue weighted by Gasteiger charge is -2.11. The predicted molar refractivity (Wildman–Crippen MR) is 91.4 cm³/mol. The van der Waals surface area contributed by atoms with Crippen molar-refractivity contribution in [1.82, 2.24) is 9.66 Å². The summed E-state index contributed by atoms with van der Waals surface area (Å²) in [6, 6.07) is 9.44. The number of rotatable bonds is 3. The molecule has 1 aliphatic carbocycles. The van der Waals surface area contributed by atoms with Gasteiger partial charge in [-0.1, -0.05) is 18.2 Å². The van der Waals surface area contributed by atoms with Crippen LogP contribution in [0.1, 0.15) is 29.1 Å². The molecule has 0 saturated carbocycles. The third-order valence-corrected chi connectivity index (χ3v) is 5.39. The Morgan fingerprint density at radius 3 is 2.83 bits per heavy atom. The standard InChI is InChI=1S/C17H17N3O2S/c18-20-14(10-22-11-6-2-1-3-7-11)19-16-15(17(20)21)12-8-4-5-9-13(12)23-16/h1-3,6-7H,4-5,8-10,18H2. The fourth-order valence-corrected chi connectivity index (χ4v) is 4.30. The molecule has 23 heavy (non-hydrogen) atoms. The van der Waals surface area contributed by atoms with Crippen LogP contribution in [0.3, 0.4) is 0 Å². The molecule has 3 aromatic rings. The number of hydrogen-bond donors (Lipinski definition) is 1. The number of nitrogens with two attached hydrogens (primary N) is 1. The van der Waals surface area contributed by atoms with E-state index < -0.39 is 0 Å². The van der Waals surface area contributed by atoms with Crippen LogP contribution in [-0.4, -0.2) is 9.66 Å². The van der Waals surface area contributed by atoms with Crippen molar-refractivity contribution >= 4 is 21.6 Å². The topological polar surface area (TPSA) is 70.1 Å². The van der Waals surface area contributed by atoms with Gasteiger partial charge in [-0.2, -0.15) is 0 Å². The molecule has 0 spiro atoms. The lowest BCUT2D eigenvalue weighted by Crippen LogP contribution is -2.32. The van der Waals surface area contributed by atoms with Gasteiger partial charge in [0, 0.05) is 4.88 Å². The van der Waals surface area contributed by atoms with Crippen LogP contribution in [0, 0.1) is 0 Å². The molecular formula is C17H17N3O2S. The molecular weight excluding hydrogens is 310 g/mol. The molecule has 2 aromatic heterocycles. The van der Waals surface area contributed by atoms with Gasteiger partial charge in [-0.15, -0.1) is 11.3 Å². The quantitative estimate of drug-likeness (QED) is 0.751. The van der Waals surface area contributed by atoms with E-state index in [1.54, 1.807) is 11.3 Å². The van der Waals surface area contributed by atoms with Crippen LogP contribution in [-0.2, 0) is 19.4 Å². The third kappa shape index (κ3) is 2.49. The fraction of sp³-hybridized carbons (Fsp3) is 0.294. The van der Waals surface area contributed by atoms with E-state index in [2.05, 4.69) is 4.98 Å². The summed E-state index contributed by atoms with van der Waals surface area (Å²) < 4.78 is 6.81. The highest BCUT2D eigenvalue weighted by Gasteiger charge is 2.21. The average molecular weight is 327 g/mol. The number of thiophene rings is 1. The predicted octanol–water partition coefficient (Wildman–Crippen LogP) is 2.63. The molecule has 0 saturated heterocycles. The van der Waals surface area contributed by atoms with Crippen molar-refractivity contribution < 1.29 is 4.74 Å². The van der Waals surface area contributed by atoms with E-state index >= 15 is 0 Å². The summed E-state index contributed by atoms with van der Waals surface area (Å²) >= 11 is 1.62. The molecule has 5 nitrogen and oxygen atoms in total. The van der Waals surface area contributed by atoms with E-state index in [-0.39, 0.29) is 12.2 Å².